The summed E-state index contributed by atoms with van der Waals surface area (Å²) >= 11 is 0.971. The molecule has 0 unspecified atom stereocenters. The zero-order valence-corrected chi connectivity index (χ0v) is 11.4. The third-order valence-electron chi connectivity index (χ3n) is 2.59. The molecule has 1 heterocycles. The molecule has 1 aromatic carbocycles. The number of hydrogen-bond acceptors (Lipinski definition) is 5. The lowest BCUT2D eigenvalue weighted by Crippen LogP contribution is -2.38. The van der Waals surface area contributed by atoms with Crippen molar-refractivity contribution in [2.24, 2.45) is 0 Å². The molecule has 0 saturated heterocycles. The van der Waals surface area contributed by atoms with E-state index in [1.165, 1.54) is 18.2 Å². The summed E-state index contributed by atoms with van der Waals surface area (Å²) < 4.78 is 39.0. The minimum Gasteiger partial charge on any atom is -0.396 e. The molecule has 112 valence electrons. The number of aliphatic hydroxyl groups is 1. The number of hydrogen-bond donors (Lipinski definition) is 3. The van der Waals surface area contributed by atoms with Gasteiger partial charge in [-0.2, -0.15) is 13.2 Å². The fourth-order valence-electron chi connectivity index (χ4n) is 1.73. The summed E-state index contributed by atoms with van der Waals surface area (Å²) in [7, 11) is 0. The minimum atomic E-state index is -4.87. The summed E-state index contributed by atoms with van der Waals surface area (Å²) in [5.41, 5.74) is -0.226. The van der Waals surface area contributed by atoms with Crippen LogP contribution in [0.5, 0.6) is 0 Å². The second-order valence-corrected chi connectivity index (χ2v) is 5.09. The number of alkyl halides is 3. The van der Waals surface area contributed by atoms with Gasteiger partial charge >= 0.3 is 6.18 Å². The Balaban J connectivity index is 2.74. The monoisotopic (exact) mass is 316 g/mol. The molecule has 1 aromatic heterocycles. The highest BCUT2D eigenvalue weighted by molar-refractivity contribution is 7.99. The van der Waals surface area contributed by atoms with Crippen LogP contribution in [0, 0.1) is 10.8 Å². The highest BCUT2D eigenvalue weighted by Crippen LogP contribution is 2.21. The van der Waals surface area contributed by atoms with E-state index in [9.17, 15) is 13.2 Å². The number of nitrogens with one attached hydrogen (secondary N) is 2. The first-order valence-corrected chi connectivity index (χ1v) is 6.81. The summed E-state index contributed by atoms with van der Waals surface area (Å²) in [5.74, 6) is -1.44. The number of halogens is 3. The Morgan fingerprint density at radius 1 is 1.33 bits per heavy atom. The summed E-state index contributed by atoms with van der Waals surface area (Å²) in [6, 6.07) is 6.02. The molecular formula is C12H11F3N4OS. The average Bonchev–Trinajstić information content (AvgIpc) is 2.43. The molecule has 2 aromatic rings. The van der Waals surface area contributed by atoms with Crippen molar-refractivity contribution in [1.82, 2.24) is 9.55 Å². The summed E-state index contributed by atoms with van der Waals surface area (Å²) in [6.45, 7) is -0.185. The van der Waals surface area contributed by atoms with Crippen LogP contribution < -0.4 is 5.49 Å². The van der Waals surface area contributed by atoms with Crippen LogP contribution in [0.2, 0.25) is 0 Å². The van der Waals surface area contributed by atoms with Gasteiger partial charge in [-0.1, -0.05) is 12.1 Å². The summed E-state index contributed by atoms with van der Waals surface area (Å²) in [6.07, 6.45) is -4.87. The van der Waals surface area contributed by atoms with E-state index >= 15 is 0 Å². The number of fused-ring (bicyclic) bond motifs is 1. The zero-order valence-electron chi connectivity index (χ0n) is 10.6. The number of rotatable bonds is 3. The first-order chi connectivity index (χ1) is 9.86. The van der Waals surface area contributed by atoms with Crippen LogP contribution in [-0.4, -0.2) is 39.0 Å². The lowest BCUT2D eigenvalue weighted by Gasteiger charge is -2.16. The topological polar surface area (TPSA) is 85.8 Å². The molecule has 0 bridgehead atoms. The molecule has 0 fully saturated rings. The van der Waals surface area contributed by atoms with Crippen molar-refractivity contribution in [1.29, 1.82) is 10.8 Å². The van der Waals surface area contributed by atoms with E-state index in [0.717, 1.165) is 11.8 Å². The van der Waals surface area contributed by atoms with Crippen LogP contribution in [0.3, 0.4) is 0 Å². The molecular weight excluding hydrogens is 305 g/mol. The largest absolute Gasteiger partial charge is 0.449 e. The van der Waals surface area contributed by atoms with Crippen molar-refractivity contribution in [2.75, 3.05) is 12.4 Å². The van der Waals surface area contributed by atoms with Gasteiger partial charge in [0.15, 0.2) is 5.49 Å². The highest BCUT2D eigenvalue weighted by Gasteiger charge is 2.37. The molecule has 0 amide bonds. The molecule has 9 heteroatoms. The van der Waals surface area contributed by atoms with E-state index in [4.69, 9.17) is 15.9 Å². The highest BCUT2D eigenvalue weighted by atomic mass is 32.2. The van der Waals surface area contributed by atoms with E-state index < -0.39 is 17.5 Å². The van der Waals surface area contributed by atoms with Gasteiger partial charge in [-0.05, 0) is 12.1 Å². The van der Waals surface area contributed by atoms with E-state index in [1.54, 1.807) is 6.07 Å². The van der Waals surface area contributed by atoms with Crippen LogP contribution in [-0.2, 0) is 0 Å². The van der Waals surface area contributed by atoms with Gasteiger partial charge < -0.3 is 5.11 Å². The fourth-order valence-corrected chi connectivity index (χ4v) is 2.40. The molecule has 0 aliphatic heterocycles. The van der Waals surface area contributed by atoms with E-state index in [0.29, 0.717) is 4.57 Å². The second kappa shape index (κ2) is 5.86. The molecule has 3 N–H and O–H groups in total. The normalized spacial score (nSPS) is 11.8. The SMILES string of the molecule is N=C(n1c(=N)c(SCCO)nc2ccccc21)C(F)(F)F. The van der Waals surface area contributed by atoms with Crippen LogP contribution in [0.25, 0.3) is 11.0 Å². The maximum Gasteiger partial charge on any atom is 0.449 e. The van der Waals surface area contributed by atoms with Gasteiger partial charge in [-0.15, -0.1) is 11.8 Å². The lowest BCUT2D eigenvalue weighted by molar-refractivity contribution is -0.0624. The Kier molecular flexibility index (Phi) is 4.33. The number of para-hydroxylation sites is 2. The smallest absolute Gasteiger partial charge is 0.396 e. The molecule has 0 atom stereocenters. The van der Waals surface area contributed by atoms with E-state index in [-0.39, 0.29) is 28.4 Å². The minimum absolute atomic E-state index is 0.0387. The predicted octanol–water partition coefficient (Wildman–Crippen LogP) is 1.99. The first kappa shape index (κ1) is 15.5. The Labute approximate surface area is 121 Å². The van der Waals surface area contributed by atoms with Crippen molar-refractivity contribution in [3.8, 4) is 0 Å². The Bertz CT molecular complexity index is 741. The van der Waals surface area contributed by atoms with Crippen molar-refractivity contribution in [3.63, 3.8) is 0 Å². The quantitative estimate of drug-likeness (QED) is 0.460. The van der Waals surface area contributed by atoms with Crippen molar-refractivity contribution in [3.05, 3.63) is 29.8 Å². The van der Waals surface area contributed by atoms with E-state index in [2.05, 4.69) is 4.98 Å². The van der Waals surface area contributed by atoms with Gasteiger partial charge in [0.05, 0.1) is 17.6 Å². The average molecular weight is 316 g/mol. The van der Waals surface area contributed by atoms with Crippen molar-refractivity contribution in [2.45, 2.75) is 11.2 Å². The third kappa shape index (κ3) is 3.08. The standard InChI is InChI=1S/C12H11F3N4OS/c13-12(14,15)11(17)19-8-4-2-1-3-7(8)18-10(9(19)16)21-6-5-20/h1-4,16-17,20H,5-6H2. The van der Waals surface area contributed by atoms with E-state index in [1.807, 2.05) is 0 Å². The lowest BCUT2D eigenvalue weighted by atomic mass is 10.3. The van der Waals surface area contributed by atoms with Crippen LogP contribution in [0.4, 0.5) is 13.2 Å². The molecule has 0 spiro atoms. The fraction of sp³-hybridized carbons (Fsp3) is 0.250. The Hall–Kier alpha value is -1.87. The van der Waals surface area contributed by atoms with Gasteiger partial charge in [0.2, 0.25) is 5.84 Å². The Morgan fingerprint density at radius 3 is 2.62 bits per heavy atom. The number of aromatic nitrogens is 2. The number of nitrogens with zero attached hydrogens (tertiary/aromatic N) is 2. The van der Waals surface area contributed by atoms with Gasteiger partial charge in [0, 0.05) is 5.75 Å². The maximum absolute atomic E-state index is 12.8. The predicted molar refractivity (Wildman–Crippen MR) is 72.6 cm³/mol. The first-order valence-electron chi connectivity index (χ1n) is 5.82. The molecule has 0 radical (unpaired) electrons. The van der Waals surface area contributed by atoms with Gasteiger partial charge in [-0.3, -0.25) is 15.4 Å². The van der Waals surface area contributed by atoms with Crippen molar-refractivity contribution < 1.29 is 18.3 Å². The number of aliphatic hydroxyl groups excluding tert-OH is 1. The molecule has 0 aliphatic rings. The summed E-state index contributed by atoms with van der Waals surface area (Å²) in [5, 5.41) is 24.0. The van der Waals surface area contributed by atoms with Crippen molar-refractivity contribution >= 4 is 28.6 Å². The number of thioether (sulfide) groups is 1. The maximum atomic E-state index is 12.8. The van der Waals surface area contributed by atoms with Crippen LogP contribution in [0.15, 0.2) is 29.3 Å². The van der Waals surface area contributed by atoms with Crippen LogP contribution >= 0.6 is 11.8 Å². The third-order valence-corrected chi connectivity index (χ3v) is 3.54. The molecule has 2 rings (SSSR count). The van der Waals surface area contributed by atoms with Gasteiger partial charge in [0.25, 0.3) is 0 Å². The number of benzene rings is 1. The molecule has 0 saturated carbocycles. The second-order valence-electron chi connectivity index (χ2n) is 4.01. The molecule has 0 aliphatic carbocycles. The zero-order chi connectivity index (χ0) is 15.6. The molecule has 5 nitrogen and oxygen atoms in total. The van der Waals surface area contributed by atoms with Gasteiger partial charge in [0.1, 0.15) is 5.03 Å². The Morgan fingerprint density at radius 2 is 2.00 bits per heavy atom. The molecule has 21 heavy (non-hydrogen) atoms. The van der Waals surface area contributed by atoms with Gasteiger partial charge in [-0.25, -0.2) is 4.98 Å². The summed E-state index contributed by atoms with van der Waals surface area (Å²) in [4.78, 5) is 4.12. The van der Waals surface area contributed by atoms with Crippen LogP contribution in [0.1, 0.15) is 0 Å².